The second-order valence-electron chi connectivity index (χ2n) is 14.1. The van der Waals surface area contributed by atoms with Crippen LogP contribution < -0.4 is 0 Å². The zero-order valence-corrected chi connectivity index (χ0v) is 32.6. The van der Waals surface area contributed by atoms with Crippen molar-refractivity contribution in [1.29, 1.82) is 0 Å². The van der Waals surface area contributed by atoms with Gasteiger partial charge in [-0.2, -0.15) is 0 Å². The minimum atomic E-state index is 1.08. The number of rotatable bonds is 11. The number of fused-ring (bicyclic) bond motifs is 3. The lowest BCUT2D eigenvalue weighted by Gasteiger charge is -2.26. The van der Waals surface area contributed by atoms with E-state index in [0.29, 0.717) is 0 Å². The van der Waals surface area contributed by atoms with Gasteiger partial charge in [-0.25, -0.2) is 0 Å². The van der Waals surface area contributed by atoms with Crippen molar-refractivity contribution >= 4 is 42.6 Å². The lowest BCUT2D eigenvalue weighted by Crippen LogP contribution is -2.00. The molecular formula is C49H42Br2. The Bertz CT molecular complexity index is 2320. The van der Waals surface area contributed by atoms with E-state index in [9.17, 15) is 0 Å². The summed E-state index contributed by atoms with van der Waals surface area (Å²) in [6, 6.07) is 50.2. The summed E-state index contributed by atoms with van der Waals surface area (Å²) >= 11 is 7.47. The van der Waals surface area contributed by atoms with Gasteiger partial charge < -0.3 is 0 Å². The normalized spacial score (nSPS) is 11.7. The molecule has 7 aromatic carbocycles. The molecule has 1 aliphatic rings. The van der Waals surface area contributed by atoms with Crippen LogP contribution >= 0.6 is 31.9 Å². The zero-order chi connectivity index (χ0) is 34.9. The largest absolute Gasteiger partial charge is 0.0654 e. The molecule has 0 nitrogen and oxygen atoms in total. The molecule has 7 aromatic rings. The number of halogens is 2. The van der Waals surface area contributed by atoms with E-state index in [-0.39, 0.29) is 0 Å². The van der Waals surface area contributed by atoms with Crippen LogP contribution in [0, 0.1) is 6.92 Å². The van der Waals surface area contributed by atoms with E-state index in [1.165, 1.54) is 127 Å². The summed E-state index contributed by atoms with van der Waals surface area (Å²) in [7, 11) is 0. The molecule has 51 heavy (non-hydrogen) atoms. The van der Waals surface area contributed by atoms with E-state index < -0.39 is 0 Å². The van der Waals surface area contributed by atoms with Gasteiger partial charge in [-0.15, -0.1) is 0 Å². The third-order valence-corrected chi connectivity index (χ3v) is 11.7. The first-order chi connectivity index (χ1) is 25.0. The lowest BCUT2D eigenvalue weighted by atomic mass is 9.76. The molecule has 0 heterocycles. The first-order valence-electron chi connectivity index (χ1n) is 18.5. The maximum atomic E-state index is 3.74. The van der Waals surface area contributed by atoms with Gasteiger partial charge in [0, 0.05) is 8.95 Å². The number of unbranched alkanes of at least 4 members (excludes halogenated alkanes) is 5. The summed E-state index contributed by atoms with van der Waals surface area (Å²) in [5.74, 6) is 0. The topological polar surface area (TPSA) is 0 Å². The van der Waals surface area contributed by atoms with Crippen LogP contribution in [0.3, 0.4) is 0 Å². The van der Waals surface area contributed by atoms with Crippen LogP contribution in [0.15, 0.2) is 142 Å². The van der Waals surface area contributed by atoms with Crippen LogP contribution in [0.25, 0.3) is 77.5 Å². The Hall–Kier alpha value is -4.24. The molecule has 8 rings (SSSR count). The van der Waals surface area contributed by atoms with Crippen molar-refractivity contribution in [2.75, 3.05) is 0 Å². The fraction of sp³-hybridized carbons (Fsp3) is 0.184. The summed E-state index contributed by atoms with van der Waals surface area (Å²) in [6.07, 6.45) is 9.01. The summed E-state index contributed by atoms with van der Waals surface area (Å²) in [5, 5.41) is 2.62. The van der Waals surface area contributed by atoms with Gasteiger partial charge in [-0.1, -0.05) is 186 Å². The van der Waals surface area contributed by atoms with Gasteiger partial charge in [-0.3, -0.25) is 0 Å². The maximum Gasteiger partial charge on any atom is 0.0175 e. The van der Waals surface area contributed by atoms with Crippen molar-refractivity contribution < 1.29 is 0 Å². The molecule has 0 N–H and O–H groups in total. The molecule has 252 valence electrons. The molecule has 0 spiro atoms. The van der Waals surface area contributed by atoms with Gasteiger partial charge in [0.05, 0.1) is 0 Å². The third-order valence-electron chi connectivity index (χ3n) is 10.6. The van der Waals surface area contributed by atoms with E-state index in [0.717, 1.165) is 15.4 Å². The molecule has 0 atom stereocenters. The van der Waals surface area contributed by atoms with Crippen LogP contribution in [-0.2, 0) is 6.42 Å². The van der Waals surface area contributed by atoms with Crippen molar-refractivity contribution in [1.82, 2.24) is 0 Å². The van der Waals surface area contributed by atoms with Gasteiger partial charge in [0.2, 0.25) is 0 Å². The minimum Gasteiger partial charge on any atom is -0.0654 e. The summed E-state index contributed by atoms with van der Waals surface area (Å²) in [5.41, 5.74) is 18.0. The Morgan fingerprint density at radius 3 is 1.31 bits per heavy atom. The van der Waals surface area contributed by atoms with E-state index >= 15 is 0 Å². The maximum absolute atomic E-state index is 3.74. The van der Waals surface area contributed by atoms with Crippen LogP contribution in [0.4, 0.5) is 0 Å². The zero-order valence-electron chi connectivity index (χ0n) is 29.4. The monoisotopic (exact) mass is 788 g/mol. The minimum absolute atomic E-state index is 1.08. The summed E-state index contributed by atoms with van der Waals surface area (Å²) in [6.45, 7) is 4.46. The highest BCUT2D eigenvalue weighted by atomic mass is 79.9. The van der Waals surface area contributed by atoms with Crippen molar-refractivity contribution in [2.45, 2.75) is 58.8 Å². The molecule has 2 heteroatoms. The third kappa shape index (κ3) is 6.54. The molecule has 0 unspecified atom stereocenters. The highest BCUT2D eigenvalue weighted by molar-refractivity contribution is 9.10. The average molecular weight is 791 g/mol. The van der Waals surface area contributed by atoms with Crippen molar-refractivity contribution in [3.8, 4) is 66.8 Å². The van der Waals surface area contributed by atoms with E-state index in [4.69, 9.17) is 0 Å². The Balaban J connectivity index is 1.45. The standard InChI is InChI=1S/C49H42Br2/c1-3-4-5-6-7-8-11-33-18-22-36(23-19-33)45-44(35-20-16-32(2)17-21-35)46(37-24-28-39(50)29-25-37)48-41-14-9-12-34-13-10-15-42(43(34)41)49(48)47(45)38-26-30-40(51)31-27-38/h9-10,12-31H,3-8,11H2,1-2H3. The molecule has 1 aliphatic carbocycles. The highest BCUT2D eigenvalue weighted by Gasteiger charge is 2.33. The van der Waals surface area contributed by atoms with Crippen LogP contribution in [0.2, 0.25) is 0 Å². The fourth-order valence-corrected chi connectivity index (χ4v) is 8.63. The number of benzene rings is 7. The SMILES string of the molecule is CCCCCCCCc1ccc(-c2c(-c3ccc(C)cc3)c(-c3ccc(Br)cc3)c3c(c2-c2ccc(Br)cc2)-c2cccc4cccc-3c24)cc1. The Labute approximate surface area is 319 Å². The molecule has 0 saturated heterocycles. The molecular weight excluding hydrogens is 748 g/mol. The second kappa shape index (κ2) is 14.8. The van der Waals surface area contributed by atoms with Gasteiger partial charge >= 0.3 is 0 Å². The summed E-state index contributed by atoms with van der Waals surface area (Å²) in [4.78, 5) is 0. The van der Waals surface area contributed by atoms with Gasteiger partial charge in [0.15, 0.2) is 0 Å². The molecule has 0 bridgehead atoms. The Morgan fingerprint density at radius 2 is 0.824 bits per heavy atom. The second-order valence-corrected chi connectivity index (χ2v) is 15.9. The van der Waals surface area contributed by atoms with Crippen LogP contribution in [0.1, 0.15) is 56.6 Å². The van der Waals surface area contributed by atoms with Gasteiger partial charge in [-0.05, 0) is 127 Å². The molecule has 0 fully saturated rings. The Kier molecular flexibility index (Phi) is 9.82. The van der Waals surface area contributed by atoms with E-state index in [2.05, 4.69) is 179 Å². The number of hydrogen-bond donors (Lipinski definition) is 0. The van der Waals surface area contributed by atoms with E-state index in [1.54, 1.807) is 0 Å². The number of aryl methyl sites for hydroxylation is 2. The molecule has 0 radical (unpaired) electrons. The van der Waals surface area contributed by atoms with Gasteiger partial charge in [0.25, 0.3) is 0 Å². The fourth-order valence-electron chi connectivity index (χ4n) is 8.10. The van der Waals surface area contributed by atoms with Crippen molar-refractivity contribution in [2.24, 2.45) is 0 Å². The summed E-state index contributed by atoms with van der Waals surface area (Å²) < 4.78 is 2.16. The van der Waals surface area contributed by atoms with Crippen LogP contribution in [-0.4, -0.2) is 0 Å². The average Bonchev–Trinajstić information content (AvgIpc) is 3.49. The molecule has 0 aromatic heterocycles. The quantitative estimate of drug-likeness (QED) is 0.115. The smallest absolute Gasteiger partial charge is 0.0175 e. The molecule has 0 aliphatic heterocycles. The van der Waals surface area contributed by atoms with E-state index in [1.807, 2.05) is 0 Å². The molecule has 0 saturated carbocycles. The number of hydrogen-bond acceptors (Lipinski definition) is 0. The van der Waals surface area contributed by atoms with Crippen LogP contribution in [0.5, 0.6) is 0 Å². The highest BCUT2D eigenvalue weighted by Crippen LogP contribution is 2.60. The predicted octanol–water partition coefficient (Wildman–Crippen LogP) is 15.9. The Morgan fingerprint density at radius 1 is 0.412 bits per heavy atom. The van der Waals surface area contributed by atoms with Gasteiger partial charge in [0.1, 0.15) is 0 Å². The predicted molar refractivity (Wildman–Crippen MR) is 227 cm³/mol. The molecule has 0 amide bonds. The van der Waals surface area contributed by atoms with Crippen molar-refractivity contribution in [3.63, 3.8) is 0 Å². The lowest BCUT2D eigenvalue weighted by molar-refractivity contribution is 0.607. The first-order valence-corrected chi connectivity index (χ1v) is 20.0. The van der Waals surface area contributed by atoms with Crippen molar-refractivity contribution in [3.05, 3.63) is 154 Å². The first kappa shape index (κ1) is 33.9.